The van der Waals surface area contributed by atoms with E-state index in [4.69, 9.17) is 11.6 Å². The number of nitrogens with zero attached hydrogens (tertiary/aromatic N) is 4. The van der Waals surface area contributed by atoms with E-state index in [1.54, 1.807) is 6.20 Å². The van der Waals surface area contributed by atoms with Gasteiger partial charge in [0, 0.05) is 43.1 Å². The van der Waals surface area contributed by atoms with Crippen LogP contribution >= 0.6 is 11.6 Å². The molecule has 1 aromatic carbocycles. The lowest BCUT2D eigenvalue weighted by molar-refractivity contribution is 0.0745. The predicted octanol–water partition coefficient (Wildman–Crippen LogP) is 2.71. The third-order valence-electron chi connectivity index (χ3n) is 4.07. The van der Waals surface area contributed by atoms with Crippen LogP contribution in [0.5, 0.6) is 0 Å². The number of carbonyl (C=O) groups is 1. The minimum Gasteiger partial charge on any atom is -0.368 e. The second-order valence-electron chi connectivity index (χ2n) is 5.68. The fraction of sp³-hybridized carbons (Fsp3) is 0.353. The zero-order valence-electron chi connectivity index (χ0n) is 13.3. The van der Waals surface area contributed by atoms with Crippen LogP contribution in [0.4, 0.5) is 5.69 Å². The van der Waals surface area contributed by atoms with E-state index in [1.807, 2.05) is 43.0 Å². The maximum Gasteiger partial charge on any atom is 0.257 e. The van der Waals surface area contributed by atoms with Gasteiger partial charge in [0.25, 0.3) is 5.91 Å². The lowest BCUT2D eigenvalue weighted by atomic mass is 10.2. The fourth-order valence-electron chi connectivity index (χ4n) is 2.80. The maximum absolute atomic E-state index is 12.6. The molecular weight excluding hydrogens is 312 g/mol. The summed E-state index contributed by atoms with van der Waals surface area (Å²) < 4.78 is 0. The van der Waals surface area contributed by atoms with Crippen LogP contribution in [0, 0.1) is 13.8 Å². The van der Waals surface area contributed by atoms with E-state index >= 15 is 0 Å². The SMILES string of the molecule is Cc1ncc(C(=O)N2CCN(c3cccc(Cl)c3)CC2)c(C)n1. The van der Waals surface area contributed by atoms with Crippen LogP contribution in [-0.4, -0.2) is 47.0 Å². The largest absolute Gasteiger partial charge is 0.368 e. The smallest absolute Gasteiger partial charge is 0.257 e. The highest BCUT2D eigenvalue weighted by molar-refractivity contribution is 6.30. The lowest BCUT2D eigenvalue weighted by Gasteiger charge is -2.36. The van der Waals surface area contributed by atoms with Gasteiger partial charge in [0.2, 0.25) is 0 Å². The highest BCUT2D eigenvalue weighted by Gasteiger charge is 2.24. The molecular formula is C17H19ClN4O. The van der Waals surface area contributed by atoms with Gasteiger partial charge in [-0.1, -0.05) is 17.7 Å². The van der Waals surface area contributed by atoms with Gasteiger partial charge in [-0.05, 0) is 32.0 Å². The standard InChI is InChI=1S/C17H19ClN4O/c1-12-16(11-19-13(2)20-12)17(23)22-8-6-21(7-9-22)15-5-3-4-14(18)10-15/h3-5,10-11H,6-9H2,1-2H3. The Hall–Kier alpha value is -2.14. The Bertz CT molecular complexity index is 726. The molecule has 0 atom stereocenters. The molecule has 2 heterocycles. The molecule has 3 rings (SSSR count). The van der Waals surface area contributed by atoms with Gasteiger partial charge >= 0.3 is 0 Å². The van der Waals surface area contributed by atoms with Crippen LogP contribution in [0.15, 0.2) is 30.5 Å². The van der Waals surface area contributed by atoms with Gasteiger partial charge in [-0.25, -0.2) is 9.97 Å². The first-order chi connectivity index (χ1) is 11.0. The first kappa shape index (κ1) is 15.7. The predicted molar refractivity (Wildman–Crippen MR) is 91.1 cm³/mol. The Labute approximate surface area is 140 Å². The molecule has 1 fully saturated rings. The summed E-state index contributed by atoms with van der Waals surface area (Å²) in [6, 6.07) is 7.81. The third-order valence-corrected chi connectivity index (χ3v) is 4.31. The molecule has 1 saturated heterocycles. The van der Waals surface area contributed by atoms with Crippen molar-refractivity contribution < 1.29 is 4.79 Å². The van der Waals surface area contributed by atoms with E-state index in [-0.39, 0.29) is 5.91 Å². The van der Waals surface area contributed by atoms with Gasteiger partial charge in [-0.2, -0.15) is 0 Å². The number of hydrogen-bond donors (Lipinski definition) is 0. The van der Waals surface area contributed by atoms with Crippen LogP contribution in [0.3, 0.4) is 0 Å². The van der Waals surface area contributed by atoms with Crippen molar-refractivity contribution in [2.45, 2.75) is 13.8 Å². The summed E-state index contributed by atoms with van der Waals surface area (Å²) in [5.74, 6) is 0.693. The van der Waals surface area contributed by atoms with Crippen molar-refractivity contribution in [3.63, 3.8) is 0 Å². The van der Waals surface area contributed by atoms with Crippen LogP contribution in [0.2, 0.25) is 5.02 Å². The van der Waals surface area contributed by atoms with Gasteiger partial charge in [-0.15, -0.1) is 0 Å². The average Bonchev–Trinajstić information content (AvgIpc) is 2.54. The molecule has 1 aliphatic rings. The van der Waals surface area contributed by atoms with Crippen molar-refractivity contribution in [1.82, 2.24) is 14.9 Å². The Balaban J connectivity index is 1.68. The van der Waals surface area contributed by atoms with Crippen molar-refractivity contribution in [1.29, 1.82) is 0 Å². The van der Waals surface area contributed by atoms with Gasteiger partial charge in [0.15, 0.2) is 0 Å². The van der Waals surface area contributed by atoms with Crippen LogP contribution in [-0.2, 0) is 0 Å². The molecule has 1 amide bonds. The topological polar surface area (TPSA) is 49.3 Å². The van der Waals surface area contributed by atoms with E-state index in [1.165, 1.54) is 0 Å². The molecule has 0 N–H and O–H groups in total. The number of aromatic nitrogens is 2. The molecule has 1 aromatic heterocycles. The molecule has 0 bridgehead atoms. The van der Waals surface area contributed by atoms with Crippen molar-refractivity contribution in [2.24, 2.45) is 0 Å². The first-order valence-electron chi connectivity index (χ1n) is 7.64. The second-order valence-corrected chi connectivity index (χ2v) is 6.11. The van der Waals surface area contributed by atoms with Gasteiger partial charge in [0.1, 0.15) is 5.82 Å². The molecule has 6 heteroatoms. The second kappa shape index (κ2) is 6.54. The van der Waals surface area contributed by atoms with Crippen molar-refractivity contribution >= 4 is 23.2 Å². The molecule has 23 heavy (non-hydrogen) atoms. The maximum atomic E-state index is 12.6. The van der Waals surface area contributed by atoms with Gasteiger partial charge in [-0.3, -0.25) is 4.79 Å². The number of benzene rings is 1. The van der Waals surface area contributed by atoms with E-state index in [0.29, 0.717) is 24.5 Å². The highest BCUT2D eigenvalue weighted by atomic mass is 35.5. The molecule has 1 aliphatic heterocycles. The van der Waals surface area contributed by atoms with Crippen molar-refractivity contribution in [3.8, 4) is 0 Å². The van der Waals surface area contributed by atoms with Crippen LogP contribution < -0.4 is 4.90 Å². The molecule has 0 radical (unpaired) electrons. The number of rotatable bonds is 2. The number of carbonyl (C=O) groups excluding carboxylic acids is 1. The van der Waals surface area contributed by atoms with Crippen LogP contribution in [0.1, 0.15) is 21.9 Å². The molecule has 0 aliphatic carbocycles. The number of hydrogen-bond acceptors (Lipinski definition) is 4. The Kier molecular flexibility index (Phi) is 4.48. The lowest BCUT2D eigenvalue weighted by Crippen LogP contribution is -2.49. The summed E-state index contributed by atoms with van der Waals surface area (Å²) in [6.07, 6.45) is 1.63. The highest BCUT2D eigenvalue weighted by Crippen LogP contribution is 2.21. The number of anilines is 1. The number of piperazine rings is 1. The van der Waals surface area contributed by atoms with E-state index < -0.39 is 0 Å². The minimum atomic E-state index is 0.00763. The summed E-state index contributed by atoms with van der Waals surface area (Å²) in [6.45, 7) is 6.61. The summed E-state index contributed by atoms with van der Waals surface area (Å²) in [5, 5.41) is 0.730. The molecule has 0 unspecified atom stereocenters. The van der Waals surface area contributed by atoms with E-state index in [0.717, 1.165) is 29.5 Å². The molecule has 120 valence electrons. The Morgan fingerprint density at radius 2 is 1.91 bits per heavy atom. The Morgan fingerprint density at radius 3 is 2.57 bits per heavy atom. The van der Waals surface area contributed by atoms with Gasteiger partial charge < -0.3 is 9.80 Å². The summed E-state index contributed by atoms with van der Waals surface area (Å²) in [5.41, 5.74) is 2.42. The van der Waals surface area contributed by atoms with E-state index in [2.05, 4.69) is 14.9 Å². The summed E-state index contributed by atoms with van der Waals surface area (Å²) in [4.78, 5) is 25.2. The molecule has 0 spiro atoms. The van der Waals surface area contributed by atoms with Gasteiger partial charge in [0.05, 0.1) is 11.3 Å². The van der Waals surface area contributed by atoms with Crippen LogP contribution in [0.25, 0.3) is 0 Å². The minimum absolute atomic E-state index is 0.00763. The Morgan fingerprint density at radius 1 is 1.17 bits per heavy atom. The third kappa shape index (κ3) is 3.45. The normalized spacial score (nSPS) is 14.9. The molecule has 2 aromatic rings. The first-order valence-corrected chi connectivity index (χ1v) is 8.02. The number of aryl methyl sites for hydroxylation is 2. The summed E-state index contributed by atoms with van der Waals surface area (Å²) in [7, 11) is 0. The zero-order valence-corrected chi connectivity index (χ0v) is 14.0. The quantitative estimate of drug-likeness (QED) is 0.849. The number of amides is 1. The van der Waals surface area contributed by atoms with E-state index in [9.17, 15) is 4.79 Å². The monoisotopic (exact) mass is 330 g/mol. The number of halogens is 1. The summed E-state index contributed by atoms with van der Waals surface area (Å²) >= 11 is 6.05. The molecule has 5 nitrogen and oxygen atoms in total. The van der Waals surface area contributed by atoms with Crippen molar-refractivity contribution in [3.05, 3.63) is 52.6 Å². The molecule has 0 saturated carbocycles. The average molecular weight is 331 g/mol. The fourth-order valence-corrected chi connectivity index (χ4v) is 2.99. The van der Waals surface area contributed by atoms with Crippen molar-refractivity contribution in [2.75, 3.05) is 31.1 Å². The zero-order chi connectivity index (χ0) is 16.4.